The summed E-state index contributed by atoms with van der Waals surface area (Å²) in [4.78, 5) is 26.3. The predicted molar refractivity (Wildman–Crippen MR) is 91.9 cm³/mol. The Bertz CT molecular complexity index is 846. The summed E-state index contributed by atoms with van der Waals surface area (Å²) in [6.45, 7) is 2.43. The van der Waals surface area contributed by atoms with Crippen molar-refractivity contribution in [3.05, 3.63) is 70.8 Å². The topological polar surface area (TPSA) is 46.6 Å². The first-order valence-corrected chi connectivity index (χ1v) is 8.49. The van der Waals surface area contributed by atoms with Gasteiger partial charge in [0.1, 0.15) is 0 Å². The molecule has 0 fully saturated rings. The number of nitrogens with zero attached hydrogens (tertiary/aromatic N) is 1. The minimum absolute atomic E-state index is 0.0355. The fraction of sp³-hybridized carbons (Fsp3) is 0.300. The summed E-state index contributed by atoms with van der Waals surface area (Å²) in [7, 11) is 0. The molecule has 0 N–H and O–H groups in total. The molecule has 0 aliphatic carbocycles. The van der Waals surface area contributed by atoms with Crippen LogP contribution in [0.25, 0.3) is 0 Å². The van der Waals surface area contributed by atoms with Crippen LogP contribution in [0.1, 0.15) is 34.0 Å². The van der Waals surface area contributed by atoms with Gasteiger partial charge in [0.15, 0.2) is 6.10 Å². The Balaban J connectivity index is 1.62. The summed E-state index contributed by atoms with van der Waals surface area (Å²) in [5.41, 5.74) is 1.36. The summed E-state index contributed by atoms with van der Waals surface area (Å²) in [5.74, 6) is -1.16. The number of esters is 1. The van der Waals surface area contributed by atoms with Crippen LogP contribution >= 0.6 is 0 Å². The average molecular weight is 377 g/mol. The monoisotopic (exact) mass is 377 g/mol. The molecule has 0 saturated carbocycles. The Morgan fingerprint density at radius 2 is 1.67 bits per heavy atom. The van der Waals surface area contributed by atoms with Crippen molar-refractivity contribution >= 4 is 11.9 Å². The van der Waals surface area contributed by atoms with Gasteiger partial charge in [-0.05, 0) is 48.7 Å². The molecule has 0 saturated heterocycles. The fourth-order valence-corrected chi connectivity index (χ4v) is 3.02. The van der Waals surface area contributed by atoms with Gasteiger partial charge in [0.2, 0.25) is 0 Å². The molecule has 142 valence electrons. The molecule has 1 aliphatic rings. The molecule has 4 nitrogen and oxygen atoms in total. The summed E-state index contributed by atoms with van der Waals surface area (Å²) in [6, 6.07) is 11.5. The molecule has 3 rings (SSSR count). The van der Waals surface area contributed by atoms with Gasteiger partial charge < -0.3 is 9.64 Å². The van der Waals surface area contributed by atoms with Crippen LogP contribution in [0.15, 0.2) is 48.5 Å². The number of halogens is 3. The van der Waals surface area contributed by atoms with E-state index in [0.29, 0.717) is 13.1 Å². The predicted octanol–water partition coefficient (Wildman–Crippen LogP) is 3.84. The zero-order valence-corrected chi connectivity index (χ0v) is 14.6. The third kappa shape index (κ3) is 4.30. The quantitative estimate of drug-likeness (QED) is 0.764. The van der Waals surface area contributed by atoms with E-state index in [1.165, 1.54) is 12.5 Å². The van der Waals surface area contributed by atoms with E-state index in [4.69, 9.17) is 4.74 Å². The van der Waals surface area contributed by atoms with Crippen LogP contribution in [0.2, 0.25) is 0 Å². The van der Waals surface area contributed by atoms with Crippen molar-refractivity contribution in [2.75, 3.05) is 6.54 Å². The van der Waals surface area contributed by atoms with Crippen molar-refractivity contribution in [3.8, 4) is 0 Å². The molecule has 1 atom stereocenters. The highest BCUT2D eigenvalue weighted by molar-refractivity contribution is 5.92. The molecule has 0 radical (unpaired) electrons. The maximum Gasteiger partial charge on any atom is 0.416 e. The van der Waals surface area contributed by atoms with E-state index in [-0.39, 0.29) is 11.5 Å². The van der Waals surface area contributed by atoms with Gasteiger partial charge in [-0.15, -0.1) is 0 Å². The summed E-state index contributed by atoms with van der Waals surface area (Å²) in [6.07, 6.45) is -4.78. The lowest BCUT2D eigenvalue weighted by Gasteiger charge is -2.30. The average Bonchev–Trinajstić information content (AvgIpc) is 2.66. The Labute approximate surface area is 154 Å². The van der Waals surface area contributed by atoms with E-state index in [1.807, 2.05) is 24.3 Å². The number of hydrogen-bond donors (Lipinski definition) is 0. The second kappa shape index (κ2) is 7.42. The fourth-order valence-electron chi connectivity index (χ4n) is 3.02. The molecule has 0 aromatic heterocycles. The van der Waals surface area contributed by atoms with Crippen LogP contribution in [0, 0.1) is 0 Å². The first-order chi connectivity index (χ1) is 12.8. The van der Waals surface area contributed by atoms with E-state index < -0.39 is 23.8 Å². The van der Waals surface area contributed by atoms with E-state index in [2.05, 4.69) is 0 Å². The maximum absolute atomic E-state index is 12.6. The molecule has 2 aromatic rings. The van der Waals surface area contributed by atoms with Crippen LogP contribution in [-0.2, 0) is 28.7 Å². The van der Waals surface area contributed by atoms with Crippen molar-refractivity contribution in [1.29, 1.82) is 0 Å². The zero-order chi connectivity index (χ0) is 19.6. The van der Waals surface area contributed by atoms with Crippen molar-refractivity contribution in [2.45, 2.75) is 32.2 Å². The lowest BCUT2D eigenvalue weighted by molar-refractivity contribution is -0.140. The summed E-state index contributed by atoms with van der Waals surface area (Å²) < 4.78 is 42.9. The molecular weight excluding hydrogens is 359 g/mol. The van der Waals surface area contributed by atoms with Crippen LogP contribution in [0.4, 0.5) is 13.2 Å². The number of benzene rings is 2. The minimum Gasteiger partial charge on any atom is -0.449 e. The van der Waals surface area contributed by atoms with E-state index in [1.54, 1.807) is 4.90 Å². The minimum atomic E-state index is -4.48. The SMILES string of the molecule is C[C@H](OC(=O)c1ccc(C(F)(F)F)cc1)C(=O)N1CCc2ccccc2C1. The standard InChI is InChI=1S/C20H18F3NO3/c1-13(18(25)24-11-10-14-4-2-3-5-16(14)12-24)27-19(26)15-6-8-17(9-7-15)20(21,22)23/h2-9,13H,10-12H2,1H3/t13-/m0/s1. The largest absolute Gasteiger partial charge is 0.449 e. The molecule has 0 unspecified atom stereocenters. The number of carbonyl (C=O) groups excluding carboxylic acids is 2. The lowest BCUT2D eigenvalue weighted by Crippen LogP contribution is -2.42. The molecule has 0 bridgehead atoms. The van der Waals surface area contributed by atoms with Gasteiger partial charge in [-0.25, -0.2) is 4.79 Å². The van der Waals surface area contributed by atoms with Crippen LogP contribution in [-0.4, -0.2) is 29.4 Å². The zero-order valence-electron chi connectivity index (χ0n) is 14.6. The van der Waals surface area contributed by atoms with E-state index in [9.17, 15) is 22.8 Å². The first-order valence-electron chi connectivity index (χ1n) is 8.49. The van der Waals surface area contributed by atoms with Gasteiger partial charge in [-0.2, -0.15) is 13.2 Å². The molecule has 7 heteroatoms. The third-order valence-electron chi connectivity index (χ3n) is 4.52. The van der Waals surface area contributed by atoms with E-state index in [0.717, 1.165) is 36.2 Å². The maximum atomic E-state index is 12.6. The third-order valence-corrected chi connectivity index (χ3v) is 4.52. The number of fused-ring (bicyclic) bond motifs is 1. The highest BCUT2D eigenvalue weighted by Gasteiger charge is 2.31. The normalized spacial score (nSPS) is 15.0. The van der Waals surface area contributed by atoms with Crippen LogP contribution in [0.3, 0.4) is 0 Å². The number of rotatable bonds is 3. The molecule has 2 aromatic carbocycles. The number of alkyl halides is 3. The molecule has 27 heavy (non-hydrogen) atoms. The number of amides is 1. The second-order valence-corrected chi connectivity index (χ2v) is 6.40. The Hall–Kier alpha value is -2.83. The molecule has 1 heterocycles. The van der Waals surface area contributed by atoms with Crippen LogP contribution in [0.5, 0.6) is 0 Å². The Kier molecular flexibility index (Phi) is 5.21. The van der Waals surface area contributed by atoms with Gasteiger partial charge >= 0.3 is 12.1 Å². The summed E-state index contributed by atoms with van der Waals surface area (Å²) >= 11 is 0. The second-order valence-electron chi connectivity index (χ2n) is 6.40. The smallest absolute Gasteiger partial charge is 0.416 e. The highest BCUT2D eigenvalue weighted by Crippen LogP contribution is 2.29. The number of carbonyl (C=O) groups is 2. The van der Waals surface area contributed by atoms with Crippen molar-refractivity contribution in [2.24, 2.45) is 0 Å². The highest BCUT2D eigenvalue weighted by atomic mass is 19.4. The molecule has 1 amide bonds. The van der Waals surface area contributed by atoms with Gasteiger partial charge in [-0.3, -0.25) is 4.79 Å². The van der Waals surface area contributed by atoms with Crippen molar-refractivity contribution < 1.29 is 27.5 Å². The van der Waals surface area contributed by atoms with E-state index >= 15 is 0 Å². The summed E-state index contributed by atoms with van der Waals surface area (Å²) in [5, 5.41) is 0. The number of hydrogen-bond acceptors (Lipinski definition) is 3. The molecule has 0 spiro atoms. The van der Waals surface area contributed by atoms with Gasteiger partial charge in [0.25, 0.3) is 5.91 Å². The molecule has 1 aliphatic heterocycles. The first kappa shape index (κ1) is 18.9. The van der Waals surface area contributed by atoms with Gasteiger partial charge in [0, 0.05) is 13.1 Å². The van der Waals surface area contributed by atoms with Gasteiger partial charge in [-0.1, -0.05) is 24.3 Å². The Morgan fingerprint density at radius 1 is 1.04 bits per heavy atom. The number of ether oxygens (including phenoxy) is 1. The Morgan fingerprint density at radius 3 is 2.30 bits per heavy atom. The molecular formula is C20H18F3NO3. The van der Waals surface area contributed by atoms with Crippen LogP contribution < -0.4 is 0 Å². The van der Waals surface area contributed by atoms with Gasteiger partial charge in [0.05, 0.1) is 11.1 Å². The van der Waals surface area contributed by atoms with Crippen molar-refractivity contribution in [3.63, 3.8) is 0 Å². The lowest BCUT2D eigenvalue weighted by atomic mass is 9.99. The van der Waals surface area contributed by atoms with Crippen molar-refractivity contribution in [1.82, 2.24) is 4.90 Å².